The van der Waals surface area contributed by atoms with Gasteiger partial charge in [0.25, 0.3) is 0 Å². The number of alkyl halides is 3. The van der Waals surface area contributed by atoms with Crippen LogP contribution in [0.2, 0.25) is 0 Å². The Morgan fingerprint density at radius 1 is 1.33 bits per heavy atom. The molecular formula is C11H11F3S. The monoisotopic (exact) mass is 232 g/mol. The normalized spacial score (nSPS) is 11.5. The maximum Gasteiger partial charge on any atom is 0.416 e. The van der Waals surface area contributed by atoms with Crippen molar-refractivity contribution in [2.75, 3.05) is 0 Å². The highest BCUT2D eigenvalue weighted by Crippen LogP contribution is 2.34. The maximum absolute atomic E-state index is 12.3. The second-order valence-electron chi connectivity index (χ2n) is 3.28. The average molecular weight is 232 g/mol. The van der Waals surface area contributed by atoms with E-state index in [1.807, 2.05) is 6.92 Å². The lowest BCUT2D eigenvalue weighted by molar-refractivity contribution is -0.137. The van der Waals surface area contributed by atoms with Gasteiger partial charge >= 0.3 is 6.18 Å². The van der Waals surface area contributed by atoms with E-state index >= 15 is 0 Å². The minimum atomic E-state index is -4.27. The Kier molecular flexibility index (Phi) is 3.50. The van der Waals surface area contributed by atoms with Crippen LogP contribution in [-0.2, 0) is 6.18 Å². The molecule has 1 aromatic rings. The summed E-state index contributed by atoms with van der Waals surface area (Å²) in [6, 6.07) is 3.74. The van der Waals surface area contributed by atoms with Crippen LogP contribution in [0.3, 0.4) is 0 Å². The molecule has 0 aliphatic rings. The summed E-state index contributed by atoms with van der Waals surface area (Å²) >= 11 is 1.38. The summed E-state index contributed by atoms with van der Waals surface area (Å²) in [6.45, 7) is 7.19. The lowest BCUT2D eigenvalue weighted by Gasteiger charge is -2.10. The molecular weight excluding hydrogens is 221 g/mol. The molecule has 4 heteroatoms. The molecule has 0 heterocycles. The van der Waals surface area contributed by atoms with Crippen LogP contribution in [0.25, 0.3) is 0 Å². The Morgan fingerprint density at radius 2 is 1.93 bits per heavy atom. The molecule has 0 nitrogen and oxygen atoms in total. The topological polar surface area (TPSA) is 0 Å². The van der Waals surface area contributed by atoms with Crippen molar-refractivity contribution >= 4 is 11.8 Å². The molecule has 0 spiro atoms. The molecule has 82 valence electrons. The summed E-state index contributed by atoms with van der Waals surface area (Å²) in [7, 11) is 0. The van der Waals surface area contributed by atoms with E-state index in [0.717, 1.165) is 21.9 Å². The number of rotatable bonds is 2. The van der Waals surface area contributed by atoms with E-state index in [1.54, 1.807) is 6.92 Å². The van der Waals surface area contributed by atoms with Crippen LogP contribution in [0.15, 0.2) is 34.6 Å². The Bertz CT molecular complexity index is 380. The van der Waals surface area contributed by atoms with Crippen molar-refractivity contribution in [3.05, 3.63) is 40.8 Å². The molecule has 0 aliphatic carbocycles. The van der Waals surface area contributed by atoms with E-state index in [0.29, 0.717) is 5.56 Å². The van der Waals surface area contributed by atoms with Crippen LogP contribution in [0, 0.1) is 6.92 Å². The van der Waals surface area contributed by atoms with Gasteiger partial charge in [0.05, 0.1) is 5.56 Å². The Balaban J connectivity index is 3.03. The Morgan fingerprint density at radius 3 is 2.33 bits per heavy atom. The third kappa shape index (κ3) is 3.30. The summed E-state index contributed by atoms with van der Waals surface area (Å²) in [5.74, 6) is 0. The first-order chi connectivity index (χ1) is 6.80. The zero-order valence-corrected chi connectivity index (χ0v) is 9.30. The highest BCUT2D eigenvalue weighted by atomic mass is 32.2. The molecule has 1 rings (SSSR count). The van der Waals surface area contributed by atoms with Crippen LogP contribution in [-0.4, -0.2) is 0 Å². The fourth-order valence-corrected chi connectivity index (χ4v) is 1.86. The summed E-state index contributed by atoms with van der Waals surface area (Å²) in [4.78, 5) is 1.67. The van der Waals surface area contributed by atoms with Gasteiger partial charge in [-0.1, -0.05) is 18.3 Å². The van der Waals surface area contributed by atoms with E-state index in [9.17, 15) is 13.2 Å². The largest absolute Gasteiger partial charge is 0.416 e. The first kappa shape index (κ1) is 12.2. The van der Waals surface area contributed by atoms with E-state index in [2.05, 4.69) is 6.58 Å². The number of thioether (sulfide) groups is 1. The molecule has 0 atom stereocenters. The van der Waals surface area contributed by atoms with Crippen molar-refractivity contribution in [2.24, 2.45) is 0 Å². The Hall–Kier alpha value is -0.900. The first-order valence-corrected chi connectivity index (χ1v) is 5.13. The standard InChI is InChI=1S/C11H11F3S/c1-7(2)15-10-5-4-9(6-8(10)3)11(12,13)14/h4-6H,1H2,2-3H3. The van der Waals surface area contributed by atoms with Crippen molar-refractivity contribution in [1.29, 1.82) is 0 Å². The molecule has 0 saturated heterocycles. The minimum absolute atomic E-state index is 0.605. The van der Waals surface area contributed by atoms with Gasteiger partial charge < -0.3 is 0 Å². The van der Waals surface area contributed by atoms with E-state index in [4.69, 9.17) is 0 Å². The number of aryl methyl sites for hydroxylation is 1. The van der Waals surface area contributed by atoms with Crippen LogP contribution in [0.5, 0.6) is 0 Å². The van der Waals surface area contributed by atoms with Crippen molar-refractivity contribution in [2.45, 2.75) is 24.9 Å². The predicted octanol–water partition coefficient (Wildman–Crippen LogP) is 4.64. The zero-order chi connectivity index (χ0) is 11.6. The number of hydrogen-bond acceptors (Lipinski definition) is 1. The van der Waals surface area contributed by atoms with E-state index in [-0.39, 0.29) is 0 Å². The van der Waals surface area contributed by atoms with Crippen LogP contribution < -0.4 is 0 Å². The van der Waals surface area contributed by atoms with Gasteiger partial charge in [-0.3, -0.25) is 0 Å². The van der Waals surface area contributed by atoms with Crippen LogP contribution in [0.4, 0.5) is 13.2 Å². The zero-order valence-electron chi connectivity index (χ0n) is 8.48. The van der Waals surface area contributed by atoms with Gasteiger partial charge in [-0.25, -0.2) is 0 Å². The molecule has 0 saturated carbocycles. The summed E-state index contributed by atoms with van der Waals surface area (Å²) in [5, 5.41) is 0. The molecule has 0 amide bonds. The predicted molar refractivity (Wildman–Crippen MR) is 56.9 cm³/mol. The Labute approximate surface area is 91.2 Å². The van der Waals surface area contributed by atoms with E-state index in [1.165, 1.54) is 17.8 Å². The minimum Gasteiger partial charge on any atom is -0.166 e. The fraction of sp³-hybridized carbons (Fsp3) is 0.273. The van der Waals surface area contributed by atoms with Gasteiger partial charge in [0.1, 0.15) is 0 Å². The van der Waals surface area contributed by atoms with Gasteiger partial charge in [0.15, 0.2) is 0 Å². The van der Waals surface area contributed by atoms with Gasteiger partial charge in [0.2, 0.25) is 0 Å². The summed E-state index contributed by atoms with van der Waals surface area (Å²) in [5.41, 5.74) is 0.0175. The van der Waals surface area contributed by atoms with Crippen LogP contribution in [0.1, 0.15) is 18.1 Å². The van der Waals surface area contributed by atoms with Gasteiger partial charge in [-0.15, -0.1) is 0 Å². The highest BCUT2D eigenvalue weighted by Gasteiger charge is 2.30. The molecule has 0 aromatic heterocycles. The molecule has 0 radical (unpaired) electrons. The third-order valence-electron chi connectivity index (χ3n) is 1.79. The number of halogens is 3. The fourth-order valence-electron chi connectivity index (χ4n) is 1.13. The van der Waals surface area contributed by atoms with E-state index < -0.39 is 11.7 Å². The second-order valence-corrected chi connectivity index (χ2v) is 4.62. The molecule has 0 fully saturated rings. The summed E-state index contributed by atoms with van der Waals surface area (Å²) in [6.07, 6.45) is -4.27. The second kappa shape index (κ2) is 4.31. The van der Waals surface area contributed by atoms with Gasteiger partial charge in [-0.05, 0) is 42.5 Å². The summed E-state index contributed by atoms with van der Waals surface area (Å²) < 4.78 is 37.0. The smallest absolute Gasteiger partial charge is 0.166 e. The quantitative estimate of drug-likeness (QED) is 0.669. The number of allylic oxidation sites excluding steroid dienone is 1. The van der Waals surface area contributed by atoms with Crippen molar-refractivity contribution in [3.8, 4) is 0 Å². The van der Waals surface area contributed by atoms with Crippen molar-refractivity contribution in [1.82, 2.24) is 0 Å². The van der Waals surface area contributed by atoms with Gasteiger partial charge in [-0.2, -0.15) is 13.2 Å². The highest BCUT2D eigenvalue weighted by molar-refractivity contribution is 8.03. The molecule has 1 aromatic carbocycles. The number of hydrogen-bond donors (Lipinski definition) is 0. The molecule has 0 unspecified atom stereocenters. The van der Waals surface area contributed by atoms with Crippen LogP contribution >= 0.6 is 11.8 Å². The first-order valence-electron chi connectivity index (χ1n) is 4.32. The third-order valence-corrected chi connectivity index (χ3v) is 2.81. The van der Waals surface area contributed by atoms with Crippen molar-refractivity contribution in [3.63, 3.8) is 0 Å². The lowest BCUT2D eigenvalue weighted by atomic mass is 10.1. The molecule has 0 aliphatic heterocycles. The SMILES string of the molecule is C=C(C)Sc1ccc(C(F)(F)F)cc1C. The molecule has 15 heavy (non-hydrogen) atoms. The van der Waals surface area contributed by atoms with Crippen molar-refractivity contribution < 1.29 is 13.2 Å². The average Bonchev–Trinajstić information content (AvgIpc) is 2.05. The molecule has 0 N–H and O–H groups in total. The molecule has 0 bridgehead atoms. The maximum atomic E-state index is 12.3. The number of benzene rings is 1. The lowest BCUT2D eigenvalue weighted by Crippen LogP contribution is -2.04. The van der Waals surface area contributed by atoms with Gasteiger partial charge in [0, 0.05) is 4.90 Å².